The van der Waals surface area contributed by atoms with Gasteiger partial charge in [0.2, 0.25) is 0 Å². The Labute approximate surface area is 149 Å². The van der Waals surface area contributed by atoms with Crippen LogP contribution in [-0.2, 0) is 11.2 Å². The predicted molar refractivity (Wildman–Crippen MR) is 95.2 cm³/mol. The van der Waals surface area contributed by atoms with Gasteiger partial charge in [0.15, 0.2) is 6.61 Å². The third-order valence-corrected chi connectivity index (χ3v) is 3.66. The van der Waals surface area contributed by atoms with Crippen molar-refractivity contribution in [1.29, 1.82) is 0 Å². The van der Waals surface area contributed by atoms with Crippen molar-refractivity contribution in [1.82, 2.24) is 5.43 Å². The summed E-state index contributed by atoms with van der Waals surface area (Å²) in [6, 6.07) is 10.4. The molecule has 0 saturated carbocycles. The number of nitrogens with zero attached hydrogens (tertiary/aromatic N) is 1. The molecule has 7 heteroatoms. The molecule has 0 aliphatic rings. The number of nitrogens with one attached hydrogen (secondary N) is 1. The first kappa shape index (κ1) is 18.1. The van der Waals surface area contributed by atoms with Crippen molar-refractivity contribution in [3.05, 3.63) is 57.6 Å². The first-order chi connectivity index (χ1) is 11.5. The van der Waals surface area contributed by atoms with Crippen molar-refractivity contribution in [2.24, 2.45) is 5.10 Å². The molecule has 2 aromatic rings. The Morgan fingerprint density at radius 3 is 2.67 bits per heavy atom. The molecule has 0 aliphatic heterocycles. The molecule has 0 aromatic heterocycles. The molecule has 1 amide bonds. The Kier molecular flexibility index (Phi) is 6.46. The molecule has 0 bridgehead atoms. The molecule has 2 aromatic carbocycles. The summed E-state index contributed by atoms with van der Waals surface area (Å²) in [6.07, 6.45) is 2.19. The van der Waals surface area contributed by atoms with Crippen LogP contribution in [0.1, 0.15) is 18.1 Å². The van der Waals surface area contributed by atoms with Crippen molar-refractivity contribution in [2.45, 2.75) is 13.3 Å². The van der Waals surface area contributed by atoms with Gasteiger partial charge in [-0.25, -0.2) is 5.43 Å². The highest BCUT2D eigenvalue weighted by Crippen LogP contribution is 2.29. The van der Waals surface area contributed by atoms with Crippen LogP contribution in [0.15, 0.2) is 41.5 Å². The average molecular weight is 367 g/mol. The third-order valence-electron chi connectivity index (χ3n) is 3.15. The van der Waals surface area contributed by atoms with Gasteiger partial charge in [-0.3, -0.25) is 4.79 Å². The Morgan fingerprint density at radius 1 is 1.29 bits per heavy atom. The average Bonchev–Trinajstić information content (AvgIpc) is 2.57. The van der Waals surface area contributed by atoms with Gasteiger partial charge in [-0.1, -0.05) is 42.3 Å². The van der Waals surface area contributed by atoms with Crippen molar-refractivity contribution in [3.63, 3.8) is 0 Å². The van der Waals surface area contributed by atoms with Crippen LogP contribution in [0.3, 0.4) is 0 Å². The number of amides is 1. The molecule has 0 unspecified atom stereocenters. The molecule has 0 saturated heterocycles. The molecule has 2 N–H and O–H groups in total. The summed E-state index contributed by atoms with van der Waals surface area (Å²) in [5, 5.41) is 14.0. The molecule has 0 radical (unpaired) electrons. The van der Waals surface area contributed by atoms with E-state index in [1.54, 1.807) is 12.1 Å². The molecule has 126 valence electrons. The van der Waals surface area contributed by atoms with E-state index in [-0.39, 0.29) is 17.4 Å². The Hall–Kier alpha value is -2.24. The molecule has 0 aliphatic carbocycles. The molecule has 0 fully saturated rings. The zero-order chi connectivity index (χ0) is 17.5. The van der Waals surface area contributed by atoms with Gasteiger partial charge < -0.3 is 9.84 Å². The van der Waals surface area contributed by atoms with Crippen molar-refractivity contribution >= 4 is 35.3 Å². The fourth-order valence-electron chi connectivity index (χ4n) is 1.86. The maximum atomic E-state index is 11.7. The summed E-state index contributed by atoms with van der Waals surface area (Å²) in [5.74, 6) is 0.00959. The molecule has 2 rings (SSSR count). The minimum absolute atomic E-state index is 0.106. The topological polar surface area (TPSA) is 70.9 Å². The second kappa shape index (κ2) is 8.57. The lowest BCUT2D eigenvalue weighted by Gasteiger charge is -2.06. The van der Waals surface area contributed by atoms with E-state index in [2.05, 4.69) is 17.5 Å². The second-order valence-corrected chi connectivity index (χ2v) is 5.75. The number of phenolic OH excluding ortho intramolecular Hbond substituents is 1. The maximum Gasteiger partial charge on any atom is 0.277 e. The van der Waals surface area contributed by atoms with Crippen LogP contribution < -0.4 is 10.2 Å². The molecule has 0 atom stereocenters. The zero-order valence-electron chi connectivity index (χ0n) is 12.9. The van der Waals surface area contributed by atoms with Crippen LogP contribution in [0, 0.1) is 0 Å². The fourth-order valence-corrected chi connectivity index (χ4v) is 2.37. The molecular formula is C17H16Cl2N2O3. The van der Waals surface area contributed by atoms with Crippen molar-refractivity contribution < 1.29 is 14.6 Å². The highest BCUT2D eigenvalue weighted by atomic mass is 35.5. The van der Waals surface area contributed by atoms with Crippen LogP contribution in [0.25, 0.3) is 0 Å². The first-order valence-electron chi connectivity index (χ1n) is 7.21. The van der Waals surface area contributed by atoms with E-state index in [9.17, 15) is 9.90 Å². The van der Waals surface area contributed by atoms with Crippen LogP contribution in [0.4, 0.5) is 0 Å². The quantitative estimate of drug-likeness (QED) is 0.603. The molecule has 24 heavy (non-hydrogen) atoms. The van der Waals surface area contributed by atoms with Gasteiger partial charge >= 0.3 is 0 Å². The van der Waals surface area contributed by atoms with E-state index >= 15 is 0 Å². The van der Waals surface area contributed by atoms with E-state index in [4.69, 9.17) is 27.9 Å². The van der Waals surface area contributed by atoms with Crippen LogP contribution in [-0.4, -0.2) is 23.8 Å². The third kappa shape index (κ3) is 5.15. The number of carbonyl (C=O) groups excluding carboxylic acids is 1. The summed E-state index contributed by atoms with van der Waals surface area (Å²) in [7, 11) is 0. The number of carbonyl (C=O) groups is 1. The summed E-state index contributed by atoms with van der Waals surface area (Å²) >= 11 is 11.6. The van der Waals surface area contributed by atoms with Gasteiger partial charge in [0, 0.05) is 10.6 Å². The number of hydrazone groups is 1. The Balaban J connectivity index is 1.86. The van der Waals surface area contributed by atoms with Crippen molar-refractivity contribution in [2.75, 3.05) is 6.61 Å². The number of aromatic hydroxyl groups is 1. The van der Waals surface area contributed by atoms with Crippen LogP contribution in [0.2, 0.25) is 10.0 Å². The number of hydrogen-bond donors (Lipinski definition) is 2. The van der Waals surface area contributed by atoms with E-state index in [1.807, 2.05) is 12.1 Å². The summed E-state index contributed by atoms with van der Waals surface area (Å²) < 4.78 is 5.35. The van der Waals surface area contributed by atoms with Gasteiger partial charge in [0.25, 0.3) is 5.91 Å². The standard InChI is InChI=1S/C17H16Cl2N2O3/c1-2-11-3-5-14(6-4-11)24-10-16(22)21-20-9-12-7-13(18)8-15(19)17(12)23/h3-9,23H,2,10H2,1H3,(H,21,22)/b20-9+. The Morgan fingerprint density at radius 2 is 2.00 bits per heavy atom. The Bertz CT molecular complexity index is 746. The lowest BCUT2D eigenvalue weighted by Crippen LogP contribution is -2.24. The molecular weight excluding hydrogens is 351 g/mol. The van der Waals surface area contributed by atoms with Gasteiger partial charge in [0.1, 0.15) is 11.5 Å². The van der Waals surface area contributed by atoms with E-state index in [0.717, 1.165) is 6.42 Å². The number of benzene rings is 2. The first-order valence-corrected chi connectivity index (χ1v) is 7.97. The summed E-state index contributed by atoms with van der Waals surface area (Å²) in [6.45, 7) is 1.89. The number of aryl methyl sites for hydroxylation is 1. The zero-order valence-corrected chi connectivity index (χ0v) is 14.4. The minimum Gasteiger partial charge on any atom is -0.506 e. The van der Waals surface area contributed by atoms with E-state index < -0.39 is 5.91 Å². The highest BCUT2D eigenvalue weighted by Gasteiger charge is 2.06. The van der Waals surface area contributed by atoms with Gasteiger partial charge in [-0.05, 0) is 36.2 Å². The SMILES string of the molecule is CCc1ccc(OCC(=O)N/N=C/c2cc(Cl)cc(Cl)c2O)cc1. The number of rotatable bonds is 6. The van der Waals surface area contributed by atoms with Gasteiger partial charge in [-0.15, -0.1) is 0 Å². The number of halogens is 2. The molecule has 5 nitrogen and oxygen atoms in total. The number of hydrogen-bond acceptors (Lipinski definition) is 4. The number of phenols is 1. The van der Waals surface area contributed by atoms with Gasteiger partial charge in [0.05, 0.1) is 11.2 Å². The predicted octanol–water partition coefficient (Wildman–Crippen LogP) is 3.79. The highest BCUT2D eigenvalue weighted by molar-refractivity contribution is 6.36. The smallest absolute Gasteiger partial charge is 0.277 e. The van der Waals surface area contributed by atoms with E-state index in [0.29, 0.717) is 16.3 Å². The monoisotopic (exact) mass is 366 g/mol. The lowest BCUT2D eigenvalue weighted by atomic mass is 10.2. The molecule has 0 spiro atoms. The minimum atomic E-state index is -0.432. The van der Waals surface area contributed by atoms with Crippen LogP contribution in [0.5, 0.6) is 11.5 Å². The van der Waals surface area contributed by atoms with Crippen LogP contribution >= 0.6 is 23.2 Å². The maximum absolute atomic E-state index is 11.7. The summed E-state index contributed by atoms with van der Waals surface area (Å²) in [4.78, 5) is 11.7. The normalized spacial score (nSPS) is 10.8. The fraction of sp³-hybridized carbons (Fsp3) is 0.176. The van der Waals surface area contributed by atoms with Gasteiger partial charge in [-0.2, -0.15) is 5.10 Å². The largest absolute Gasteiger partial charge is 0.506 e. The summed E-state index contributed by atoms with van der Waals surface area (Å²) in [5.41, 5.74) is 3.78. The van der Waals surface area contributed by atoms with E-state index in [1.165, 1.54) is 23.9 Å². The second-order valence-electron chi connectivity index (χ2n) is 4.90. The number of ether oxygens (including phenoxy) is 1. The lowest BCUT2D eigenvalue weighted by molar-refractivity contribution is -0.123. The molecule has 0 heterocycles. The van der Waals surface area contributed by atoms with Crippen molar-refractivity contribution in [3.8, 4) is 11.5 Å².